The molecule has 88 valence electrons. The highest BCUT2D eigenvalue weighted by molar-refractivity contribution is 5.87. The van der Waals surface area contributed by atoms with E-state index in [4.69, 9.17) is 5.11 Å². The molecule has 1 N–H and O–H groups in total. The van der Waals surface area contributed by atoms with E-state index in [2.05, 4.69) is 10.1 Å². The molecule has 2 aromatic heterocycles. The molecule has 0 spiro atoms. The Kier molecular flexibility index (Phi) is 2.82. The maximum absolute atomic E-state index is 12.5. The fourth-order valence-corrected chi connectivity index (χ4v) is 1.36. The van der Waals surface area contributed by atoms with Gasteiger partial charge < -0.3 is 5.11 Å². The number of alkyl halides is 2. The van der Waals surface area contributed by atoms with Crippen molar-refractivity contribution >= 4 is 5.97 Å². The number of carboxylic acids is 1. The number of hydrogen-bond donors (Lipinski definition) is 1. The quantitative estimate of drug-likeness (QED) is 0.889. The van der Waals surface area contributed by atoms with Gasteiger partial charge >= 0.3 is 12.5 Å². The second kappa shape index (κ2) is 4.28. The van der Waals surface area contributed by atoms with Crippen molar-refractivity contribution in [1.82, 2.24) is 14.8 Å². The summed E-state index contributed by atoms with van der Waals surface area (Å²) in [5.41, 5.74) is 0.0732. The molecule has 2 aromatic rings. The van der Waals surface area contributed by atoms with Crippen LogP contribution in [-0.2, 0) is 0 Å². The van der Waals surface area contributed by atoms with Gasteiger partial charge in [-0.3, -0.25) is 4.98 Å². The summed E-state index contributed by atoms with van der Waals surface area (Å²) in [7, 11) is 0. The van der Waals surface area contributed by atoms with Gasteiger partial charge in [-0.25, -0.2) is 4.79 Å². The summed E-state index contributed by atoms with van der Waals surface area (Å²) in [5.74, 6) is -1.45. The summed E-state index contributed by atoms with van der Waals surface area (Å²) in [6.45, 7) is -2.99. The topological polar surface area (TPSA) is 68.0 Å². The summed E-state index contributed by atoms with van der Waals surface area (Å²) in [6, 6.07) is 4.31. The van der Waals surface area contributed by atoms with Crippen molar-refractivity contribution in [3.8, 4) is 11.3 Å². The molecule has 0 bridgehead atoms. The Labute approximate surface area is 94.3 Å². The third-order valence-corrected chi connectivity index (χ3v) is 2.10. The number of nitrogens with zero attached hydrogens (tertiary/aromatic N) is 3. The van der Waals surface area contributed by atoms with Crippen LogP contribution in [0.2, 0.25) is 0 Å². The second-order valence-corrected chi connectivity index (χ2v) is 3.18. The number of rotatable bonds is 3. The van der Waals surface area contributed by atoms with Crippen LogP contribution in [0.1, 0.15) is 17.0 Å². The largest absolute Gasteiger partial charge is 0.477 e. The highest BCUT2D eigenvalue weighted by Gasteiger charge is 2.20. The Morgan fingerprint density at radius 1 is 1.47 bits per heavy atom. The van der Waals surface area contributed by atoms with Crippen LogP contribution < -0.4 is 0 Å². The van der Waals surface area contributed by atoms with Crippen LogP contribution in [0, 0.1) is 0 Å². The minimum absolute atomic E-state index is 0.149. The Morgan fingerprint density at radius 2 is 2.24 bits per heavy atom. The molecule has 0 fully saturated rings. The molecule has 0 aromatic carbocycles. The molecule has 0 atom stereocenters. The minimum Gasteiger partial charge on any atom is -0.477 e. The van der Waals surface area contributed by atoms with Crippen LogP contribution in [0.4, 0.5) is 8.78 Å². The van der Waals surface area contributed by atoms with E-state index in [0.717, 1.165) is 6.07 Å². The standard InChI is InChI=1S/C10H7F2N3O2/c11-10(12)15-8(9(16)17)4-7(14-15)6-2-1-3-13-5-6/h1-5,10H,(H,16,17). The van der Waals surface area contributed by atoms with Crippen LogP contribution in [0.3, 0.4) is 0 Å². The lowest BCUT2D eigenvalue weighted by atomic mass is 10.2. The van der Waals surface area contributed by atoms with E-state index in [1.54, 1.807) is 12.1 Å². The van der Waals surface area contributed by atoms with E-state index in [1.807, 2.05) is 0 Å². The zero-order valence-corrected chi connectivity index (χ0v) is 8.42. The van der Waals surface area contributed by atoms with Crippen LogP contribution in [0.25, 0.3) is 11.3 Å². The van der Waals surface area contributed by atoms with E-state index in [1.165, 1.54) is 12.4 Å². The molecule has 0 radical (unpaired) electrons. The molecular weight excluding hydrogens is 232 g/mol. The lowest BCUT2D eigenvalue weighted by molar-refractivity contribution is 0.0440. The van der Waals surface area contributed by atoms with Crippen LogP contribution >= 0.6 is 0 Å². The summed E-state index contributed by atoms with van der Waals surface area (Å²) >= 11 is 0. The normalized spacial score (nSPS) is 10.8. The summed E-state index contributed by atoms with van der Waals surface area (Å²) in [6.07, 6.45) is 2.94. The van der Waals surface area contributed by atoms with Crippen molar-refractivity contribution < 1.29 is 18.7 Å². The average Bonchev–Trinajstić information content (AvgIpc) is 2.75. The van der Waals surface area contributed by atoms with Crippen molar-refractivity contribution in [2.45, 2.75) is 6.55 Å². The Morgan fingerprint density at radius 3 is 2.71 bits per heavy atom. The van der Waals surface area contributed by atoms with Gasteiger partial charge in [-0.1, -0.05) is 0 Å². The number of carbonyl (C=O) groups is 1. The number of carboxylic acid groups (broad SMARTS) is 1. The maximum atomic E-state index is 12.5. The molecule has 5 nitrogen and oxygen atoms in total. The number of aromatic carboxylic acids is 1. The van der Waals surface area contributed by atoms with Gasteiger partial charge in [-0.2, -0.15) is 18.6 Å². The number of hydrogen-bond acceptors (Lipinski definition) is 3. The van der Waals surface area contributed by atoms with Crippen LogP contribution in [0.15, 0.2) is 30.6 Å². The van der Waals surface area contributed by atoms with Gasteiger partial charge in [0.1, 0.15) is 0 Å². The SMILES string of the molecule is O=C(O)c1cc(-c2cccnc2)nn1C(F)F. The molecule has 0 saturated carbocycles. The molecule has 0 amide bonds. The smallest absolute Gasteiger partial charge is 0.354 e. The molecule has 0 aliphatic heterocycles. The van der Waals surface area contributed by atoms with Gasteiger partial charge in [0.25, 0.3) is 0 Å². The van der Waals surface area contributed by atoms with Crippen LogP contribution in [0.5, 0.6) is 0 Å². The predicted molar refractivity (Wildman–Crippen MR) is 53.7 cm³/mol. The Bertz CT molecular complexity index is 540. The van der Waals surface area contributed by atoms with E-state index >= 15 is 0 Å². The van der Waals surface area contributed by atoms with E-state index in [0.29, 0.717) is 5.56 Å². The van der Waals surface area contributed by atoms with Gasteiger partial charge in [-0.15, -0.1) is 0 Å². The lowest BCUT2D eigenvalue weighted by Crippen LogP contribution is -2.10. The summed E-state index contributed by atoms with van der Waals surface area (Å²) in [4.78, 5) is 14.6. The molecular formula is C10H7F2N3O2. The molecule has 0 aliphatic rings. The fourth-order valence-electron chi connectivity index (χ4n) is 1.36. The summed E-state index contributed by atoms with van der Waals surface area (Å²) < 4.78 is 25.2. The zero-order chi connectivity index (χ0) is 12.4. The predicted octanol–water partition coefficient (Wildman–Crippen LogP) is 2.04. The third-order valence-electron chi connectivity index (χ3n) is 2.10. The van der Waals surface area contributed by atoms with Gasteiger partial charge in [0.05, 0.1) is 5.69 Å². The molecule has 0 aliphatic carbocycles. The molecule has 17 heavy (non-hydrogen) atoms. The molecule has 0 unspecified atom stereocenters. The number of aromatic nitrogens is 3. The number of halogens is 2. The average molecular weight is 239 g/mol. The van der Waals surface area contributed by atoms with E-state index in [9.17, 15) is 13.6 Å². The Balaban J connectivity index is 2.51. The minimum atomic E-state index is -2.99. The first-order valence-corrected chi connectivity index (χ1v) is 4.61. The van der Waals surface area contributed by atoms with Gasteiger partial charge in [0, 0.05) is 18.0 Å². The highest BCUT2D eigenvalue weighted by Crippen LogP contribution is 2.21. The fraction of sp³-hybridized carbons (Fsp3) is 0.100. The zero-order valence-electron chi connectivity index (χ0n) is 8.42. The highest BCUT2D eigenvalue weighted by atomic mass is 19.3. The first-order valence-electron chi connectivity index (χ1n) is 4.61. The van der Waals surface area contributed by atoms with Crippen LogP contribution in [-0.4, -0.2) is 25.8 Å². The van der Waals surface area contributed by atoms with Crippen molar-refractivity contribution in [3.63, 3.8) is 0 Å². The van der Waals surface area contributed by atoms with Gasteiger partial charge in [0.15, 0.2) is 5.69 Å². The van der Waals surface area contributed by atoms with Crippen molar-refractivity contribution in [2.75, 3.05) is 0 Å². The lowest BCUT2D eigenvalue weighted by Gasteiger charge is -2.00. The molecule has 2 rings (SSSR count). The summed E-state index contributed by atoms with van der Waals surface area (Å²) in [5, 5.41) is 12.3. The molecule has 0 saturated heterocycles. The van der Waals surface area contributed by atoms with Crippen molar-refractivity contribution in [2.24, 2.45) is 0 Å². The van der Waals surface area contributed by atoms with Crippen molar-refractivity contribution in [1.29, 1.82) is 0 Å². The first kappa shape index (κ1) is 11.2. The van der Waals surface area contributed by atoms with E-state index < -0.39 is 18.2 Å². The molecule has 7 heteroatoms. The van der Waals surface area contributed by atoms with Gasteiger partial charge in [0.2, 0.25) is 0 Å². The number of pyridine rings is 1. The van der Waals surface area contributed by atoms with Crippen molar-refractivity contribution in [3.05, 3.63) is 36.3 Å². The second-order valence-electron chi connectivity index (χ2n) is 3.18. The monoisotopic (exact) mass is 239 g/mol. The maximum Gasteiger partial charge on any atom is 0.354 e. The first-order chi connectivity index (χ1) is 8.09. The van der Waals surface area contributed by atoms with E-state index in [-0.39, 0.29) is 10.4 Å². The third kappa shape index (κ3) is 2.12. The van der Waals surface area contributed by atoms with Gasteiger partial charge in [-0.05, 0) is 18.2 Å². The Hall–Kier alpha value is -2.31. The molecule has 2 heterocycles.